The second kappa shape index (κ2) is 23.0. The van der Waals surface area contributed by atoms with E-state index in [0.717, 1.165) is 37.1 Å². The van der Waals surface area contributed by atoms with Gasteiger partial charge in [0, 0.05) is 11.4 Å². The van der Waals surface area contributed by atoms with Crippen LogP contribution in [-0.2, 0) is 38.5 Å². The van der Waals surface area contributed by atoms with E-state index in [-0.39, 0.29) is 0 Å². The van der Waals surface area contributed by atoms with Gasteiger partial charge in [-0.3, -0.25) is 0 Å². The van der Waals surface area contributed by atoms with Crippen molar-refractivity contribution < 1.29 is 0 Å². The van der Waals surface area contributed by atoms with Crippen LogP contribution >= 0.6 is 0 Å². The van der Waals surface area contributed by atoms with Crippen molar-refractivity contribution in [1.82, 2.24) is 0 Å². The predicted octanol–water partition coefficient (Wildman–Crippen LogP) is 13.2. The molecule has 0 radical (unpaired) electrons. The van der Waals surface area contributed by atoms with E-state index in [9.17, 15) is 0 Å². The molecule has 4 aromatic rings. The Labute approximate surface area is 306 Å². The highest BCUT2D eigenvalue weighted by Gasteiger charge is 2.06. The number of unbranched alkanes of at least 4 members (excludes halogenated alkanes) is 15. The summed E-state index contributed by atoms with van der Waals surface area (Å²) >= 11 is 0. The molecule has 4 N–H and O–H groups in total. The first-order chi connectivity index (χ1) is 24.5. The number of anilines is 2. The number of hydrogen-bond donors (Lipinski definition) is 2. The van der Waals surface area contributed by atoms with E-state index in [0.29, 0.717) is 0 Å². The summed E-state index contributed by atoms with van der Waals surface area (Å²) in [5.41, 5.74) is 25.0. The van der Waals surface area contributed by atoms with Crippen molar-refractivity contribution in [3.63, 3.8) is 0 Å². The second-order valence-corrected chi connectivity index (χ2v) is 14.9. The molecule has 0 saturated carbocycles. The molecule has 0 aliphatic rings. The van der Waals surface area contributed by atoms with Crippen molar-refractivity contribution in [2.75, 3.05) is 11.5 Å². The summed E-state index contributed by atoms with van der Waals surface area (Å²) in [6.45, 7) is 4.59. The Morgan fingerprint density at radius 1 is 0.320 bits per heavy atom. The summed E-state index contributed by atoms with van der Waals surface area (Å²) in [5, 5.41) is 0. The minimum atomic E-state index is 0.837. The van der Waals surface area contributed by atoms with Crippen molar-refractivity contribution in [3.05, 3.63) is 129 Å². The van der Waals surface area contributed by atoms with E-state index in [2.05, 4.69) is 74.5 Å². The quantitative estimate of drug-likeness (QED) is 0.0544. The number of hydrogen-bond acceptors (Lipinski definition) is 2. The van der Waals surface area contributed by atoms with Crippen molar-refractivity contribution >= 4 is 11.4 Å². The van der Waals surface area contributed by atoms with Crippen LogP contribution in [0.2, 0.25) is 0 Å². The van der Waals surface area contributed by atoms with Crippen LogP contribution in [0.5, 0.6) is 0 Å². The molecular weight excluding hydrogens is 605 g/mol. The van der Waals surface area contributed by atoms with E-state index in [1.54, 1.807) is 11.1 Å². The molecule has 0 aliphatic carbocycles. The van der Waals surface area contributed by atoms with Gasteiger partial charge < -0.3 is 11.5 Å². The molecule has 0 amide bonds. The van der Waals surface area contributed by atoms with Crippen LogP contribution in [0, 0.1) is 0 Å². The Kier molecular flexibility index (Phi) is 18.1. The standard InChI is InChI=1S/C48H68N2/c1-3-43-37-41(35-39-25-31-47(49)32-26-39)23-29-45(43)21-19-17-15-13-11-9-7-5-6-8-10-12-14-16-18-20-22-46-30-24-42(38-44(46)4-2)36-40-27-33-48(50)34-28-40/h23-34,37-38H,3-22,35-36,49-50H2,1-2H3. The van der Waals surface area contributed by atoms with E-state index in [4.69, 9.17) is 11.5 Å². The van der Waals surface area contributed by atoms with E-state index in [1.807, 2.05) is 24.3 Å². The van der Waals surface area contributed by atoms with Crippen LogP contribution in [0.25, 0.3) is 0 Å². The fourth-order valence-corrected chi connectivity index (χ4v) is 7.57. The Bertz CT molecular complexity index is 1370. The minimum absolute atomic E-state index is 0.837. The largest absolute Gasteiger partial charge is 0.399 e. The Balaban J connectivity index is 0.932. The molecule has 4 aromatic carbocycles. The van der Waals surface area contributed by atoms with Crippen molar-refractivity contribution in [3.8, 4) is 0 Å². The molecule has 0 saturated heterocycles. The Morgan fingerprint density at radius 2 is 0.600 bits per heavy atom. The van der Waals surface area contributed by atoms with Crippen LogP contribution in [0.15, 0.2) is 84.9 Å². The van der Waals surface area contributed by atoms with Gasteiger partial charge in [0.2, 0.25) is 0 Å². The lowest BCUT2D eigenvalue weighted by Gasteiger charge is -2.11. The van der Waals surface area contributed by atoms with Crippen molar-refractivity contribution in [1.29, 1.82) is 0 Å². The van der Waals surface area contributed by atoms with Gasteiger partial charge in [-0.1, -0.05) is 164 Å². The summed E-state index contributed by atoms with van der Waals surface area (Å²) in [7, 11) is 0. The minimum Gasteiger partial charge on any atom is -0.399 e. The third-order valence-corrected chi connectivity index (χ3v) is 10.7. The van der Waals surface area contributed by atoms with Gasteiger partial charge in [-0.25, -0.2) is 0 Å². The lowest BCUT2D eigenvalue weighted by molar-refractivity contribution is 0.527. The lowest BCUT2D eigenvalue weighted by Crippen LogP contribution is -1.97. The number of nitrogens with two attached hydrogens (primary N) is 2. The summed E-state index contributed by atoms with van der Waals surface area (Å²) in [6.07, 6.45) is 29.1. The fourth-order valence-electron chi connectivity index (χ4n) is 7.57. The van der Waals surface area contributed by atoms with E-state index < -0.39 is 0 Å². The summed E-state index contributed by atoms with van der Waals surface area (Å²) in [6, 6.07) is 30.9. The topological polar surface area (TPSA) is 52.0 Å². The molecule has 4 rings (SSSR count). The maximum absolute atomic E-state index is 5.85. The van der Waals surface area contributed by atoms with Gasteiger partial charge in [0.1, 0.15) is 0 Å². The van der Waals surface area contributed by atoms with Gasteiger partial charge >= 0.3 is 0 Å². The van der Waals surface area contributed by atoms with Gasteiger partial charge in [0.05, 0.1) is 0 Å². The first-order valence-electron chi connectivity index (χ1n) is 20.4. The maximum Gasteiger partial charge on any atom is 0.0314 e. The van der Waals surface area contributed by atoms with E-state index in [1.165, 1.54) is 149 Å². The third-order valence-electron chi connectivity index (χ3n) is 10.7. The van der Waals surface area contributed by atoms with Crippen LogP contribution in [0.1, 0.15) is 161 Å². The third kappa shape index (κ3) is 14.8. The molecule has 270 valence electrons. The van der Waals surface area contributed by atoms with Crippen LogP contribution in [0.4, 0.5) is 11.4 Å². The number of aryl methyl sites for hydroxylation is 4. The van der Waals surface area contributed by atoms with Gasteiger partial charge in [-0.2, -0.15) is 0 Å². The van der Waals surface area contributed by atoms with Gasteiger partial charge in [-0.15, -0.1) is 0 Å². The predicted molar refractivity (Wildman–Crippen MR) is 220 cm³/mol. The number of rotatable bonds is 25. The summed E-state index contributed by atoms with van der Waals surface area (Å²) in [4.78, 5) is 0. The van der Waals surface area contributed by atoms with Crippen LogP contribution in [-0.4, -0.2) is 0 Å². The smallest absolute Gasteiger partial charge is 0.0314 e. The molecule has 0 bridgehead atoms. The first kappa shape index (κ1) is 39.3. The highest BCUT2D eigenvalue weighted by Crippen LogP contribution is 2.22. The zero-order chi connectivity index (χ0) is 35.2. The molecule has 0 fully saturated rings. The highest BCUT2D eigenvalue weighted by atomic mass is 14.5. The van der Waals surface area contributed by atoms with Gasteiger partial charge in [-0.05, 0) is 120 Å². The molecule has 0 atom stereocenters. The molecule has 0 heterocycles. The molecular formula is C48H68N2. The van der Waals surface area contributed by atoms with Crippen molar-refractivity contribution in [2.45, 2.75) is 155 Å². The molecule has 2 nitrogen and oxygen atoms in total. The SMILES string of the molecule is CCc1cc(Cc2ccc(N)cc2)ccc1CCCCCCCCCCCCCCCCCCc1ccc(Cc2ccc(N)cc2)cc1CC. The first-order valence-corrected chi connectivity index (χ1v) is 20.4. The molecule has 50 heavy (non-hydrogen) atoms. The zero-order valence-electron chi connectivity index (χ0n) is 31.8. The zero-order valence-corrected chi connectivity index (χ0v) is 31.8. The Morgan fingerprint density at radius 3 is 0.900 bits per heavy atom. The maximum atomic E-state index is 5.85. The second-order valence-electron chi connectivity index (χ2n) is 14.9. The molecule has 0 aromatic heterocycles. The van der Waals surface area contributed by atoms with Gasteiger partial charge in [0.15, 0.2) is 0 Å². The average Bonchev–Trinajstić information content (AvgIpc) is 3.13. The monoisotopic (exact) mass is 673 g/mol. The van der Waals surface area contributed by atoms with Gasteiger partial charge in [0.25, 0.3) is 0 Å². The number of benzene rings is 4. The molecule has 0 aliphatic heterocycles. The lowest BCUT2D eigenvalue weighted by atomic mass is 9.94. The van der Waals surface area contributed by atoms with Crippen molar-refractivity contribution in [2.24, 2.45) is 0 Å². The normalized spacial score (nSPS) is 11.3. The molecule has 0 spiro atoms. The molecule has 0 unspecified atom stereocenters. The van der Waals surface area contributed by atoms with E-state index >= 15 is 0 Å². The average molecular weight is 673 g/mol. The van der Waals surface area contributed by atoms with Crippen LogP contribution < -0.4 is 11.5 Å². The van der Waals surface area contributed by atoms with Crippen LogP contribution in [0.3, 0.4) is 0 Å². The summed E-state index contributed by atoms with van der Waals surface area (Å²) < 4.78 is 0. The fraction of sp³-hybridized carbons (Fsp3) is 0.500. The Hall–Kier alpha value is -3.52. The highest BCUT2D eigenvalue weighted by molar-refractivity contribution is 5.43. The molecule has 2 heteroatoms. The summed E-state index contributed by atoms with van der Waals surface area (Å²) in [5.74, 6) is 0. The number of nitrogen functional groups attached to an aromatic ring is 2.